The molecule has 1 N–H and O–H groups in total. The van der Waals surface area contributed by atoms with Crippen LogP contribution in [0, 0.1) is 5.82 Å². The number of esters is 1. The van der Waals surface area contributed by atoms with Crippen LogP contribution in [0.4, 0.5) is 4.39 Å². The molecule has 1 aromatic rings. The zero-order chi connectivity index (χ0) is 19.3. The Balaban J connectivity index is 2.04. The lowest BCUT2D eigenvalue weighted by atomic mass is 10.1. The first-order chi connectivity index (χ1) is 12.3. The number of nitrogens with zero attached hydrogens (tertiary/aromatic N) is 2. The third kappa shape index (κ3) is 4.78. The van der Waals surface area contributed by atoms with E-state index in [9.17, 15) is 18.8 Å². The van der Waals surface area contributed by atoms with E-state index in [0.29, 0.717) is 13.1 Å². The van der Waals surface area contributed by atoms with E-state index in [0.717, 1.165) is 5.56 Å². The first-order valence-corrected chi connectivity index (χ1v) is 8.43. The monoisotopic (exact) mass is 365 g/mol. The van der Waals surface area contributed by atoms with Crippen LogP contribution in [0.1, 0.15) is 24.9 Å². The summed E-state index contributed by atoms with van der Waals surface area (Å²) >= 11 is 0. The van der Waals surface area contributed by atoms with Crippen molar-refractivity contribution in [2.75, 3.05) is 33.8 Å². The van der Waals surface area contributed by atoms with Crippen molar-refractivity contribution in [1.82, 2.24) is 15.1 Å². The van der Waals surface area contributed by atoms with E-state index in [-0.39, 0.29) is 36.6 Å². The Kier molecular flexibility index (Phi) is 6.68. The molecule has 26 heavy (non-hydrogen) atoms. The van der Waals surface area contributed by atoms with Gasteiger partial charge in [-0.2, -0.15) is 0 Å². The SMILES string of the molecule is COC(=O)C[C@H]1C(=O)NCCN1CC(=O)N(C)[C@H](C)c1ccc(F)cc1. The van der Waals surface area contributed by atoms with E-state index in [2.05, 4.69) is 10.1 Å². The Hall–Kier alpha value is -2.48. The van der Waals surface area contributed by atoms with Gasteiger partial charge in [0, 0.05) is 20.1 Å². The summed E-state index contributed by atoms with van der Waals surface area (Å²) in [6, 6.07) is 5.00. The van der Waals surface area contributed by atoms with Crippen LogP contribution >= 0.6 is 0 Å². The number of benzene rings is 1. The first-order valence-electron chi connectivity index (χ1n) is 8.43. The highest BCUT2D eigenvalue weighted by Gasteiger charge is 2.34. The zero-order valence-electron chi connectivity index (χ0n) is 15.2. The van der Waals surface area contributed by atoms with Crippen LogP contribution in [0.15, 0.2) is 24.3 Å². The molecule has 0 bridgehead atoms. The molecule has 2 atom stereocenters. The maximum atomic E-state index is 13.1. The van der Waals surface area contributed by atoms with E-state index >= 15 is 0 Å². The number of likely N-dealkylation sites (N-methyl/N-ethyl adjacent to an activating group) is 1. The van der Waals surface area contributed by atoms with Crippen molar-refractivity contribution in [2.24, 2.45) is 0 Å². The van der Waals surface area contributed by atoms with Gasteiger partial charge in [-0.05, 0) is 24.6 Å². The number of hydrogen-bond donors (Lipinski definition) is 1. The molecule has 0 unspecified atom stereocenters. The molecular weight excluding hydrogens is 341 g/mol. The van der Waals surface area contributed by atoms with E-state index in [1.807, 2.05) is 6.92 Å². The molecule has 1 aliphatic rings. The van der Waals surface area contributed by atoms with Gasteiger partial charge in [0.1, 0.15) is 11.9 Å². The number of nitrogens with one attached hydrogen (secondary N) is 1. The maximum absolute atomic E-state index is 13.1. The Morgan fingerprint density at radius 3 is 2.65 bits per heavy atom. The van der Waals surface area contributed by atoms with Gasteiger partial charge < -0.3 is 15.0 Å². The summed E-state index contributed by atoms with van der Waals surface area (Å²) in [6.45, 7) is 2.75. The first kappa shape index (κ1) is 19.8. The van der Waals surface area contributed by atoms with Gasteiger partial charge >= 0.3 is 5.97 Å². The Morgan fingerprint density at radius 1 is 1.38 bits per heavy atom. The highest BCUT2D eigenvalue weighted by molar-refractivity contribution is 5.88. The number of piperazine rings is 1. The zero-order valence-corrected chi connectivity index (χ0v) is 15.2. The van der Waals surface area contributed by atoms with Crippen molar-refractivity contribution in [3.63, 3.8) is 0 Å². The average Bonchev–Trinajstić information content (AvgIpc) is 2.63. The predicted molar refractivity (Wildman–Crippen MR) is 92.6 cm³/mol. The quantitative estimate of drug-likeness (QED) is 0.751. The van der Waals surface area contributed by atoms with E-state index < -0.39 is 12.0 Å². The second-order valence-electron chi connectivity index (χ2n) is 6.29. The minimum Gasteiger partial charge on any atom is -0.469 e. The van der Waals surface area contributed by atoms with Crippen molar-refractivity contribution < 1.29 is 23.5 Å². The van der Waals surface area contributed by atoms with Crippen molar-refractivity contribution >= 4 is 17.8 Å². The summed E-state index contributed by atoms with van der Waals surface area (Å²) < 4.78 is 17.7. The molecule has 1 fully saturated rings. The molecule has 0 aromatic heterocycles. The van der Waals surface area contributed by atoms with Gasteiger partial charge in [0.15, 0.2) is 0 Å². The Labute approximate surface area is 152 Å². The van der Waals surface area contributed by atoms with Crippen molar-refractivity contribution in [3.05, 3.63) is 35.6 Å². The molecule has 7 nitrogen and oxygen atoms in total. The summed E-state index contributed by atoms with van der Waals surface area (Å²) in [5.74, 6) is -1.31. The number of carbonyl (C=O) groups excluding carboxylic acids is 3. The van der Waals surface area contributed by atoms with Gasteiger partial charge in [-0.3, -0.25) is 19.3 Å². The number of amides is 2. The molecule has 142 valence electrons. The van der Waals surface area contributed by atoms with E-state index in [1.54, 1.807) is 29.0 Å². The molecule has 8 heteroatoms. The largest absolute Gasteiger partial charge is 0.469 e. The lowest BCUT2D eigenvalue weighted by Gasteiger charge is -2.35. The molecule has 2 amide bonds. The Bertz CT molecular complexity index is 665. The van der Waals surface area contributed by atoms with Gasteiger partial charge in [-0.15, -0.1) is 0 Å². The molecule has 0 aliphatic carbocycles. The number of methoxy groups -OCH3 is 1. The molecule has 2 rings (SSSR count). The van der Waals surface area contributed by atoms with Gasteiger partial charge in [0.05, 0.1) is 26.1 Å². The molecule has 0 radical (unpaired) electrons. The van der Waals surface area contributed by atoms with Gasteiger partial charge in [-0.1, -0.05) is 12.1 Å². The summed E-state index contributed by atoms with van der Waals surface area (Å²) in [5.41, 5.74) is 0.810. The molecule has 1 saturated heterocycles. The fourth-order valence-electron chi connectivity index (χ4n) is 2.88. The smallest absolute Gasteiger partial charge is 0.307 e. The average molecular weight is 365 g/mol. The summed E-state index contributed by atoms with van der Waals surface area (Å²) in [4.78, 5) is 39.5. The molecule has 1 aromatic carbocycles. The summed E-state index contributed by atoms with van der Waals surface area (Å²) in [7, 11) is 2.92. The second kappa shape index (κ2) is 8.75. The molecule has 0 saturated carbocycles. The lowest BCUT2D eigenvalue weighted by molar-refractivity contribution is -0.147. The van der Waals surface area contributed by atoms with E-state index in [4.69, 9.17) is 0 Å². The normalized spacial score (nSPS) is 18.8. The highest BCUT2D eigenvalue weighted by Crippen LogP contribution is 2.20. The van der Waals surface area contributed by atoms with Crippen molar-refractivity contribution in [1.29, 1.82) is 0 Å². The van der Waals surface area contributed by atoms with Crippen LogP contribution in [0.3, 0.4) is 0 Å². The maximum Gasteiger partial charge on any atom is 0.307 e. The number of ether oxygens (including phenoxy) is 1. The third-order valence-electron chi connectivity index (χ3n) is 4.69. The molecule has 0 spiro atoms. The number of halogens is 1. The van der Waals surface area contributed by atoms with Crippen LogP contribution in [0.5, 0.6) is 0 Å². The van der Waals surface area contributed by atoms with Crippen LogP contribution in [0.25, 0.3) is 0 Å². The lowest BCUT2D eigenvalue weighted by Crippen LogP contribution is -2.58. The summed E-state index contributed by atoms with van der Waals surface area (Å²) in [5, 5.41) is 2.70. The van der Waals surface area contributed by atoms with E-state index in [1.165, 1.54) is 19.2 Å². The van der Waals surface area contributed by atoms with Gasteiger partial charge in [-0.25, -0.2) is 4.39 Å². The number of carbonyl (C=O) groups is 3. The number of hydrogen-bond acceptors (Lipinski definition) is 5. The van der Waals surface area contributed by atoms with Crippen LogP contribution in [-0.4, -0.2) is 67.4 Å². The number of rotatable bonds is 6. The van der Waals surface area contributed by atoms with Gasteiger partial charge in [0.2, 0.25) is 11.8 Å². The topological polar surface area (TPSA) is 79.0 Å². The van der Waals surface area contributed by atoms with Crippen molar-refractivity contribution in [3.8, 4) is 0 Å². The van der Waals surface area contributed by atoms with Crippen molar-refractivity contribution in [2.45, 2.75) is 25.4 Å². The fourth-order valence-corrected chi connectivity index (χ4v) is 2.88. The molecule has 1 heterocycles. The molecule has 1 aliphatic heterocycles. The van der Waals surface area contributed by atoms with Gasteiger partial charge in [0.25, 0.3) is 0 Å². The summed E-state index contributed by atoms with van der Waals surface area (Å²) in [6.07, 6.45) is -0.104. The molecular formula is C18H24FN3O4. The van der Waals surface area contributed by atoms with Crippen LogP contribution in [0.2, 0.25) is 0 Å². The highest BCUT2D eigenvalue weighted by atomic mass is 19.1. The Morgan fingerprint density at radius 2 is 2.04 bits per heavy atom. The van der Waals surface area contributed by atoms with Crippen LogP contribution in [-0.2, 0) is 19.1 Å². The minimum atomic E-state index is -0.727. The predicted octanol–water partition coefficient (Wildman–Crippen LogP) is 0.709. The third-order valence-corrected chi connectivity index (χ3v) is 4.69. The minimum absolute atomic E-state index is 0.0110. The standard InChI is InChI=1S/C18H24FN3O4/c1-12(13-4-6-14(19)7-5-13)21(2)16(23)11-22-9-8-20-18(25)15(22)10-17(24)26-3/h4-7,12,15H,8-11H2,1-3H3,(H,20,25)/t12-,15+/m1/s1. The second-order valence-corrected chi connectivity index (χ2v) is 6.29. The van der Waals surface area contributed by atoms with Crippen LogP contribution < -0.4 is 5.32 Å². The fraction of sp³-hybridized carbons (Fsp3) is 0.500.